The average Bonchev–Trinajstić information content (AvgIpc) is 3.02. The number of ether oxygens (including phenoxy) is 2. The fourth-order valence-corrected chi connectivity index (χ4v) is 3.72. The van der Waals surface area contributed by atoms with Gasteiger partial charge in [0.05, 0.1) is 18.2 Å². The molecule has 3 rings (SSSR count). The minimum absolute atomic E-state index is 0.232. The maximum atomic E-state index is 5.75. The Morgan fingerprint density at radius 1 is 1.37 bits per heavy atom. The molecule has 1 spiro atoms. The van der Waals surface area contributed by atoms with Crippen molar-refractivity contribution >= 4 is 11.3 Å². The summed E-state index contributed by atoms with van der Waals surface area (Å²) in [6, 6.07) is 0.611. The van der Waals surface area contributed by atoms with E-state index in [1.807, 2.05) is 0 Å². The van der Waals surface area contributed by atoms with Gasteiger partial charge in [-0.3, -0.25) is 0 Å². The van der Waals surface area contributed by atoms with Crippen LogP contribution in [0.1, 0.15) is 36.4 Å². The zero-order valence-electron chi connectivity index (χ0n) is 11.5. The molecule has 4 nitrogen and oxygen atoms in total. The summed E-state index contributed by atoms with van der Waals surface area (Å²) in [5, 5.41) is 7.00. The molecule has 1 aromatic heterocycles. The standard InChI is InChI=1S/C14H22N2O2S/c1-11-10-19-13(16-11)4-7-15-12-2-5-14(6-3-12)17-8-9-18-14/h10,12,15H,2-9H2,1H3. The van der Waals surface area contributed by atoms with Crippen molar-refractivity contribution in [2.75, 3.05) is 19.8 Å². The number of nitrogens with zero attached hydrogens (tertiary/aromatic N) is 1. The van der Waals surface area contributed by atoms with Gasteiger partial charge in [-0.15, -0.1) is 11.3 Å². The summed E-state index contributed by atoms with van der Waals surface area (Å²) in [5.41, 5.74) is 1.13. The summed E-state index contributed by atoms with van der Waals surface area (Å²) in [5.74, 6) is -0.232. The summed E-state index contributed by atoms with van der Waals surface area (Å²) in [6.45, 7) is 4.60. The van der Waals surface area contributed by atoms with Gasteiger partial charge in [0.25, 0.3) is 0 Å². The molecule has 5 heteroatoms. The van der Waals surface area contributed by atoms with Gasteiger partial charge in [-0.1, -0.05) is 0 Å². The lowest BCUT2D eigenvalue weighted by Crippen LogP contribution is -2.42. The molecule has 0 atom stereocenters. The Morgan fingerprint density at radius 2 is 2.11 bits per heavy atom. The van der Waals surface area contributed by atoms with Crippen LogP contribution in [-0.4, -0.2) is 36.6 Å². The summed E-state index contributed by atoms with van der Waals surface area (Å²) < 4.78 is 11.5. The van der Waals surface area contributed by atoms with E-state index in [0.717, 1.165) is 57.6 Å². The molecular weight excluding hydrogens is 260 g/mol. The van der Waals surface area contributed by atoms with E-state index in [1.165, 1.54) is 5.01 Å². The third kappa shape index (κ3) is 3.34. The summed E-state index contributed by atoms with van der Waals surface area (Å²) in [4.78, 5) is 4.49. The van der Waals surface area contributed by atoms with Crippen LogP contribution in [-0.2, 0) is 15.9 Å². The molecule has 1 N–H and O–H groups in total. The van der Waals surface area contributed by atoms with E-state index < -0.39 is 0 Å². The van der Waals surface area contributed by atoms with Crippen molar-refractivity contribution in [1.29, 1.82) is 0 Å². The van der Waals surface area contributed by atoms with Crippen molar-refractivity contribution in [3.8, 4) is 0 Å². The molecule has 0 unspecified atom stereocenters. The van der Waals surface area contributed by atoms with Crippen molar-refractivity contribution in [2.45, 2.75) is 50.9 Å². The zero-order valence-corrected chi connectivity index (χ0v) is 12.3. The number of nitrogens with one attached hydrogen (secondary N) is 1. The fraction of sp³-hybridized carbons (Fsp3) is 0.786. The van der Waals surface area contributed by atoms with Crippen LogP contribution >= 0.6 is 11.3 Å². The van der Waals surface area contributed by atoms with E-state index in [0.29, 0.717) is 6.04 Å². The molecule has 1 saturated heterocycles. The van der Waals surface area contributed by atoms with Crippen LogP contribution in [0.25, 0.3) is 0 Å². The number of rotatable bonds is 4. The first-order chi connectivity index (χ1) is 9.26. The second-order valence-electron chi connectivity index (χ2n) is 5.47. The molecule has 106 valence electrons. The molecule has 1 saturated carbocycles. The summed E-state index contributed by atoms with van der Waals surface area (Å²) >= 11 is 1.76. The lowest BCUT2D eigenvalue weighted by molar-refractivity contribution is -0.179. The van der Waals surface area contributed by atoms with Crippen molar-refractivity contribution in [3.63, 3.8) is 0 Å². The van der Waals surface area contributed by atoms with Gasteiger partial charge in [0.1, 0.15) is 0 Å². The lowest BCUT2D eigenvalue weighted by atomic mass is 9.90. The summed E-state index contributed by atoms with van der Waals surface area (Å²) in [6.07, 6.45) is 5.39. The second-order valence-corrected chi connectivity index (χ2v) is 6.41. The van der Waals surface area contributed by atoms with E-state index >= 15 is 0 Å². The number of aromatic nitrogens is 1. The minimum Gasteiger partial charge on any atom is -0.348 e. The predicted molar refractivity (Wildman–Crippen MR) is 75.4 cm³/mol. The van der Waals surface area contributed by atoms with E-state index in [9.17, 15) is 0 Å². The molecule has 2 heterocycles. The fourth-order valence-electron chi connectivity index (χ4n) is 2.95. The van der Waals surface area contributed by atoms with E-state index in [4.69, 9.17) is 9.47 Å². The second kappa shape index (κ2) is 5.87. The minimum atomic E-state index is -0.232. The van der Waals surface area contributed by atoms with Crippen molar-refractivity contribution < 1.29 is 9.47 Å². The highest BCUT2D eigenvalue weighted by Gasteiger charge is 2.39. The predicted octanol–water partition coefficient (Wildman–Crippen LogP) is 2.27. The maximum absolute atomic E-state index is 5.75. The SMILES string of the molecule is Cc1csc(CCNC2CCC3(CC2)OCCO3)n1. The Labute approximate surface area is 118 Å². The molecule has 2 aliphatic rings. The highest BCUT2D eigenvalue weighted by Crippen LogP contribution is 2.35. The Balaban J connectivity index is 1.38. The Kier molecular flexibility index (Phi) is 4.17. The van der Waals surface area contributed by atoms with Crippen LogP contribution in [0.5, 0.6) is 0 Å². The normalized spacial score (nSPS) is 23.2. The third-order valence-electron chi connectivity index (χ3n) is 4.00. The molecule has 0 aromatic carbocycles. The van der Waals surface area contributed by atoms with E-state index in [2.05, 4.69) is 22.6 Å². The maximum Gasteiger partial charge on any atom is 0.168 e. The van der Waals surface area contributed by atoms with Gasteiger partial charge in [-0.05, 0) is 19.8 Å². The van der Waals surface area contributed by atoms with Gasteiger partial charge in [0.2, 0.25) is 0 Å². The largest absolute Gasteiger partial charge is 0.348 e. The molecule has 1 aliphatic carbocycles. The van der Waals surface area contributed by atoms with E-state index in [-0.39, 0.29) is 5.79 Å². The Bertz CT molecular complexity index is 405. The monoisotopic (exact) mass is 282 g/mol. The van der Waals surface area contributed by atoms with Crippen LogP contribution in [0.4, 0.5) is 0 Å². The van der Waals surface area contributed by atoms with Gasteiger partial charge >= 0.3 is 0 Å². The van der Waals surface area contributed by atoms with E-state index in [1.54, 1.807) is 11.3 Å². The number of hydrogen-bond acceptors (Lipinski definition) is 5. The van der Waals surface area contributed by atoms with Crippen LogP contribution in [0.2, 0.25) is 0 Å². The van der Waals surface area contributed by atoms with Crippen molar-refractivity contribution in [3.05, 3.63) is 16.1 Å². The third-order valence-corrected chi connectivity index (χ3v) is 5.03. The Morgan fingerprint density at radius 3 is 2.74 bits per heavy atom. The first-order valence-electron chi connectivity index (χ1n) is 7.18. The van der Waals surface area contributed by atoms with Crippen LogP contribution in [0, 0.1) is 6.92 Å². The highest BCUT2D eigenvalue weighted by atomic mass is 32.1. The number of hydrogen-bond donors (Lipinski definition) is 1. The van der Waals surface area contributed by atoms with Gasteiger partial charge in [-0.25, -0.2) is 4.98 Å². The van der Waals surface area contributed by atoms with Gasteiger partial charge in [-0.2, -0.15) is 0 Å². The number of aryl methyl sites for hydroxylation is 1. The molecule has 0 bridgehead atoms. The lowest BCUT2D eigenvalue weighted by Gasteiger charge is -2.35. The smallest absolute Gasteiger partial charge is 0.168 e. The summed E-state index contributed by atoms with van der Waals surface area (Å²) in [7, 11) is 0. The molecule has 1 aromatic rings. The molecule has 0 amide bonds. The molecule has 19 heavy (non-hydrogen) atoms. The number of thiazole rings is 1. The van der Waals surface area contributed by atoms with Gasteiger partial charge in [0, 0.05) is 42.9 Å². The molecule has 2 fully saturated rings. The van der Waals surface area contributed by atoms with Crippen LogP contribution < -0.4 is 5.32 Å². The Hall–Kier alpha value is -0.490. The zero-order chi connectivity index (χ0) is 13.1. The average molecular weight is 282 g/mol. The highest BCUT2D eigenvalue weighted by molar-refractivity contribution is 7.09. The molecule has 1 aliphatic heterocycles. The first kappa shape index (κ1) is 13.5. The van der Waals surface area contributed by atoms with Crippen molar-refractivity contribution in [1.82, 2.24) is 10.3 Å². The quantitative estimate of drug-likeness (QED) is 0.920. The van der Waals surface area contributed by atoms with Crippen molar-refractivity contribution in [2.24, 2.45) is 0 Å². The van der Waals surface area contributed by atoms with Gasteiger partial charge < -0.3 is 14.8 Å². The molecular formula is C14H22N2O2S. The van der Waals surface area contributed by atoms with Gasteiger partial charge in [0.15, 0.2) is 5.79 Å². The van der Waals surface area contributed by atoms with Crippen LogP contribution in [0.3, 0.4) is 0 Å². The topological polar surface area (TPSA) is 43.4 Å². The van der Waals surface area contributed by atoms with Crippen LogP contribution in [0.15, 0.2) is 5.38 Å². The molecule has 0 radical (unpaired) electrons. The first-order valence-corrected chi connectivity index (χ1v) is 8.06.